The molecule has 1 aromatic rings. The molecule has 1 aromatic carbocycles. The van der Waals surface area contributed by atoms with Gasteiger partial charge in [-0.1, -0.05) is 28.1 Å². The van der Waals surface area contributed by atoms with Crippen molar-refractivity contribution in [2.75, 3.05) is 0 Å². The van der Waals surface area contributed by atoms with Gasteiger partial charge in [0.1, 0.15) is 0 Å². The lowest BCUT2D eigenvalue weighted by Gasteiger charge is -2.26. The molecule has 1 amide bonds. The molecule has 21 heavy (non-hydrogen) atoms. The Bertz CT molecular complexity index is 536. The minimum atomic E-state index is -0.718. The first-order valence-electron chi connectivity index (χ1n) is 7.23. The molecule has 0 saturated heterocycles. The molecule has 5 heteroatoms. The number of hydrogen-bond donors (Lipinski definition) is 2. The number of amides is 1. The lowest BCUT2D eigenvalue weighted by Crippen LogP contribution is -2.39. The van der Waals surface area contributed by atoms with Gasteiger partial charge < -0.3 is 10.4 Å². The summed E-state index contributed by atoms with van der Waals surface area (Å²) in [6.07, 6.45) is 3.16. The zero-order valence-corrected chi connectivity index (χ0v) is 13.6. The number of carbonyl (C=O) groups is 2. The summed E-state index contributed by atoms with van der Waals surface area (Å²) in [6, 6.07) is 5.96. The normalized spacial score (nSPS) is 21.8. The Balaban J connectivity index is 1.86. The summed E-state index contributed by atoms with van der Waals surface area (Å²) in [5.41, 5.74) is 2.10. The largest absolute Gasteiger partial charge is 0.481 e. The summed E-state index contributed by atoms with van der Waals surface area (Å²) in [5.74, 6) is -0.954. The number of halogens is 1. The number of carboxylic acids is 1. The van der Waals surface area contributed by atoms with Crippen LogP contribution in [-0.4, -0.2) is 23.0 Å². The maximum absolute atomic E-state index is 12.1. The van der Waals surface area contributed by atoms with Gasteiger partial charge in [0.15, 0.2) is 0 Å². The van der Waals surface area contributed by atoms with E-state index in [1.807, 2.05) is 25.1 Å². The van der Waals surface area contributed by atoms with Crippen LogP contribution in [-0.2, 0) is 16.0 Å². The number of carbonyl (C=O) groups excluding carboxylic acids is 1. The van der Waals surface area contributed by atoms with E-state index in [9.17, 15) is 9.59 Å². The molecular weight excluding hydrogens is 334 g/mol. The molecule has 114 valence electrons. The fourth-order valence-electron chi connectivity index (χ4n) is 2.78. The van der Waals surface area contributed by atoms with E-state index in [1.165, 1.54) is 0 Å². The second-order valence-corrected chi connectivity index (χ2v) is 6.51. The highest BCUT2D eigenvalue weighted by Gasteiger charge is 2.26. The fraction of sp³-hybridized carbons (Fsp3) is 0.500. The maximum atomic E-state index is 12.1. The second-order valence-electron chi connectivity index (χ2n) is 5.66. The van der Waals surface area contributed by atoms with Crippen LogP contribution < -0.4 is 5.32 Å². The highest BCUT2D eigenvalue weighted by Crippen LogP contribution is 2.25. The molecule has 1 aliphatic carbocycles. The standard InChI is InChI=1S/C16H20BrNO3/c1-10-12(3-2-4-14(10)17)9-15(19)18-13-7-5-11(6-8-13)16(20)21/h2-4,11,13H,5-9H2,1H3,(H,18,19)(H,20,21). The number of hydrogen-bond acceptors (Lipinski definition) is 2. The predicted molar refractivity (Wildman–Crippen MR) is 84.1 cm³/mol. The van der Waals surface area contributed by atoms with Gasteiger partial charge in [0.2, 0.25) is 5.91 Å². The summed E-state index contributed by atoms with van der Waals surface area (Å²) in [5, 5.41) is 12.0. The zero-order chi connectivity index (χ0) is 15.4. The van der Waals surface area contributed by atoms with Gasteiger partial charge in [-0.15, -0.1) is 0 Å². The third-order valence-electron chi connectivity index (χ3n) is 4.17. The highest BCUT2D eigenvalue weighted by atomic mass is 79.9. The van der Waals surface area contributed by atoms with Crippen molar-refractivity contribution in [2.24, 2.45) is 5.92 Å². The summed E-state index contributed by atoms with van der Waals surface area (Å²) in [6.45, 7) is 1.99. The van der Waals surface area contributed by atoms with E-state index in [0.717, 1.165) is 28.4 Å². The highest BCUT2D eigenvalue weighted by molar-refractivity contribution is 9.10. The van der Waals surface area contributed by atoms with Crippen molar-refractivity contribution >= 4 is 27.8 Å². The first-order chi connectivity index (χ1) is 9.97. The summed E-state index contributed by atoms with van der Waals surface area (Å²) in [7, 11) is 0. The minimum Gasteiger partial charge on any atom is -0.481 e. The Morgan fingerprint density at radius 3 is 2.57 bits per heavy atom. The SMILES string of the molecule is Cc1c(Br)cccc1CC(=O)NC1CCC(C(=O)O)CC1. The molecule has 4 nitrogen and oxygen atoms in total. The van der Waals surface area contributed by atoms with Crippen LogP contribution in [0.5, 0.6) is 0 Å². The maximum Gasteiger partial charge on any atom is 0.306 e. The van der Waals surface area contributed by atoms with Gasteiger partial charge in [0, 0.05) is 10.5 Å². The number of rotatable bonds is 4. The summed E-state index contributed by atoms with van der Waals surface area (Å²) >= 11 is 3.47. The second kappa shape index (κ2) is 7.07. The van der Waals surface area contributed by atoms with Crippen LogP contribution in [0.15, 0.2) is 22.7 Å². The fourth-order valence-corrected chi connectivity index (χ4v) is 3.19. The Labute approximate surface area is 133 Å². The van der Waals surface area contributed by atoms with Crippen molar-refractivity contribution in [3.05, 3.63) is 33.8 Å². The van der Waals surface area contributed by atoms with E-state index in [0.29, 0.717) is 19.3 Å². The lowest BCUT2D eigenvalue weighted by molar-refractivity contribution is -0.142. The van der Waals surface area contributed by atoms with Crippen LogP contribution in [0.2, 0.25) is 0 Å². The molecule has 0 heterocycles. The van der Waals surface area contributed by atoms with Crippen molar-refractivity contribution < 1.29 is 14.7 Å². The van der Waals surface area contributed by atoms with E-state index >= 15 is 0 Å². The van der Waals surface area contributed by atoms with E-state index in [2.05, 4.69) is 21.2 Å². The van der Waals surface area contributed by atoms with E-state index in [4.69, 9.17) is 5.11 Å². The average molecular weight is 354 g/mol. The molecule has 0 radical (unpaired) electrons. The molecule has 0 aliphatic heterocycles. The van der Waals surface area contributed by atoms with Gasteiger partial charge in [-0.2, -0.15) is 0 Å². The first kappa shape index (κ1) is 16.0. The van der Waals surface area contributed by atoms with Crippen LogP contribution in [0.4, 0.5) is 0 Å². The molecule has 1 aliphatic rings. The van der Waals surface area contributed by atoms with Crippen LogP contribution in [0.3, 0.4) is 0 Å². The van der Waals surface area contributed by atoms with Gasteiger partial charge in [-0.05, 0) is 49.8 Å². The van der Waals surface area contributed by atoms with Crippen LogP contribution in [0, 0.1) is 12.8 Å². The average Bonchev–Trinajstić information content (AvgIpc) is 2.44. The zero-order valence-electron chi connectivity index (χ0n) is 12.1. The Hall–Kier alpha value is -1.36. The van der Waals surface area contributed by atoms with E-state index in [-0.39, 0.29) is 17.9 Å². The Kier molecular flexibility index (Phi) is 5.39. The number of aliphatic carboxylic acids is 1. The molecule has 2 N–H and O–H groups in total. The van der Waals surface area contributed by atoms with Crippen molar-refractivity contribution in [1.82, 2.24) is 5.32 Å². The third kappa shape index (κ3) is 4.30. The number of nitrogens with one attached hydrogen (secondary N) is 1. The smallest absolute Gasteiger partial charge is 0.306 e. The molecule has 2 rings (SSSR count). The van der Waals surface area contributed by atoms with Gasteiger partial charge in [0.05, 0.1) is 12.3 Å². The number of benzene rings is 1. The van der Waals surface area contributed by atoms with E-state index in [1.54, 1.807) is 0 Å². The molecule has 0 spiro atoms. The quantitative estimate of drug-likeness (QED) is 0.873. The molecule has 0 unspecified atom stereocenters. The summed E-state index contributed by atoms with van der Waals surface area (Å²) in [4.78, 5) is 23.0. The minimum absolute atomic E-state index is 0.00924. The van der Waals surface area contributed by atoms with Crippen molar-refractivity contribution in [2.45, 2.75) is 45.1 Å². The van der Waals surface area contributed by atoms with Crippen molar-refractivity contribution in [1.29, 1.82) is 0 Å². The molecule has 0 aromatic heterocycles. The molecule has 1 saturated carbocycles. The van der Waals surface area contributed by atoms with Crippen LogP contribution >= 0.6 is 15.9 Å². The predicted octanol–water partition coefficient (Wildman–Crippen LogP) is 3.06. The molecule has 1 fully saturated rings. The van der Waals surface area contributed by atoms with Crippen LogP contribution in [0.1, 0.15) is 36.8 Å². The topological polar surface area (TPSA) is 66.4 Å². The molecule has 0 bridgehead atoms. The molecular formula is C16H20BrNO3. The Morgan fingerprint density at radius 2 is 1.95 bits per heavy atom. The third-order valence-corrected chi connectivity index (χ3v) is 5.03. The Morgan fingerprint density at radius 1 is 1.29 bits per heavy atom. The first-order valence-corrected chi connectivity index (χ1v) is 8.03. The van der Waals surface area contributed by atoms with Crippen molar-refractivity contribution in [3.8, 4) is 0 Å². The summed E-state index contributed by atoms with van der Waals surface area (Å²) < 4.78 is 1.01. The van der Waals surface area contributed by atoms with E-state index < -0.39 is 5.97 Å². The lowest BCUT2D eigenvalue weighted by atomic mass is 9.86. The van der Waals surface area contributed by atoms with Crippen molar-refractivity contribution in [3.63, 3.8) is 0 Å². The molecule has 0 atom stereocenters. The monoisotopic (exact) mass is 353 g/mol. The number of carboxylic acid groups (broad SMARTS) is 1. The van der Waals surface area contributed by atoms with Gasteiger partial charge >= 0.3 is 5.97 Å². The van der Waals surface area contributed by atoms with Gasteiger partial charge in [0.25, 0.3) is 0 Å². The van der Waals surface area contributed by atoms with Gasteiger partial charge in [-0.25, -0.2) is 0 Å². The van der Waals surface area contributed by atoms with Gasteiger partial charge in [-0.3, -0.25) is 9.59 Å². The van der Waals surface area contributed by atoms with Crippen LogP contribution in [0.25, 0.3) is 0 Å².